The van der Waals surface area contributed by atoms with E-state index >= 15 is 0 Å². The normalized spacial score (nSPS) is 12.1. The average Bonchev–Trinajstić information content (AvgIpc) is 2.37. The van der Waals surface area contributed by atoms with E-state index in [1.165, 1.54) is 12.1 Å². The van der Waals surface area contributed by atoms with Gasteiger partial charge < -0.3 is 0 Å². The Kier molecular flexibility index (Phi) is 4.68. The van der Waals surface area contributed by atoms with Crippen LogP contribution in [0, 0.1) is 12.3 Å². The smallest absolute Gasteiger partial charge is 0.247 e. The Morgan fingerprint density at radius 3 is 2.17 bits per heavy atom. The van der Waals surface area contributed by atoms with E-state index in [2.05, 4.69) is 4.18 Å². The molecule has 98 valence electrons. The van der Waals surface area contributed by atoms with Crippen LogP contribution in [0.2, 0.25) is 5.02 Å². The lowest BCUT2D eigenvalue weighted by Crippen LogP contribution is -2.38. The van der Waals surface area contributed by atoms with Gasteiger partial charge >= 0.3 is 0 Å². The maximum Gasteiger partial charge on any atom is 0.298 e. The van der Waals surface area contributed by atoms with Gasteiger partial charge in [0, 0.05) is 5.02 Å². The van der Waals surface area contributed by atoms with Crippen LogP contribution in [0.3, 0.4) is 0 Å². The van der Waals surface area contributed by atoms with Crippen molar-refractivity contribution < 1.29 is 21.4 Å². The van der Waals surface area contributed by atoms with Crippen LogP contribution < -0.4 is 0 Å². The number of terminal acetylenes is 1. The highest BCUT2D eigenvalue weighted by Gasteiger charge is 2.36. The largest absolute Gasteiger partial charge is 0.298 e. The Labute approximate surface area is 109 Å². The third-order valence-electron chi connectivity index (χ3n) is 2.07. The van der Waals surface area contributed by atoms with Gasteiger partial charge in [0.1, 0.15) is 13.3 Å². The van der Waals surface area contributed by atoms with Crippen LogP contribution in [-0.2, 0) is 14.3 Å². The van der Waals surface area contributed by atoms with Gasteiger partial charge in [0.2, 0.25) is 5.60 Å². The topological polar surface area (TPSA) is 43.4 Å². The lowest BCUT2D eigenvalue weighted by Gasteiger charge is -2.21. The summed E-state index contributed by atoms with van der Waals surface area (Å²) < 4.78 is 53.2. The van der Waals surface area contributed by atoms with Crippen LogP contribution in [0.25, 0.3) is 0 Å². The van der Waals surface area contributed by atoms with Crippen molar-refractivity contribution in [2.45, 2.75) is 10.5 Å². The summed E-state index contributed by atoms with van der Waals surface area (Å²) in [6, 6.07) is 4.91. The van der Waals surface area contributed by atoms with Crippen LogP contribution in [0.5, 0.6) is 0 Å². The molecule has 0 saturated heterocycles. The summed E-state index contributed by atoms with van der Waals surface area (Å²) in [5, 5.41) is 0.313. The first-order valence-electron chi connectivity index (χ1n) is 4.70. The molecule has 0 radical (unpaired) electrons. The molecule has 0 atom stereocenters. The van der Waals surface area contributed by atoms with Gasteiger partial charge in [-0.05, 0) is 24.3 Å². The second-order valence-electron chi connectivity index (χ2n) is 3.40. The quantitative estimate of drug-likeness (QED) is 0.618. The van der Waals surface area contributed by atoms with E-state index in [9.17, 15) is 17.2 Å². The molecule has 0 amide bonds. The van der Waals surface area contributed by atoms with Crippen LogP contribution >= 0.6 is 11.6 Å². The van der Waals surface area contributed by atoms with Gasteiger partial charge in [-0.2, -0.15) is 8.42 Å². The maximum absolute atomic E-state index is 12.6. The minimum absolute atomic E-state index is 0.284. The summed E-state index contributed by atoms with van der Waals surface area (Å²) in [6.07, 6.45) is 4.90. The first kappa shape index (κ1) is 14.9. The molecule has 3 nitrogen and oxygen atoms in total. The first-order chi connectivity index (χ1) is 8.39. The van der Waals surface area contributed by atoms with Crippen molar-refractivity contribution in [1.29, 1.82) is 0 Å². The molecule has 0 N–H and O–H groups in total. The predicted molar refractivity (Wildman–Crippen MR) is 63.2 cm³/mol. The van der Waals surface area contributed by atoms with Crippen LogP contribution in [-0.4, -0.2) is 27.4 Å². The maximum atomic E-state index is 12.6. The third kappa shape index (κ3) is 3.19. The molecule has 0 unspecified atom stereocenters. The molecule has 1 aromatic rings. The van der Waals surface area contributed by atoms with E-state index in [0.717, 1.165) is 12.1 Å². The zero-order chi connectivity index (χ0) is 13.8. The number of halogens is 3. The predicted octanol–water partition coefficient (Wildman–Crippen LogP) is 2.36. The molecule has 18 heavy (non-hydrogen) atoms. The summed E-state index contributed by atoms with van der Waals surface area (Å²) in [4.78, 5) is -0.284. The average molecular weight is 295 g/mol. The number of alkyl halides is 2. The minimum Gasteiger partial charge on any atom is -0.247 e. The second kappa shape index (κ2) is 5.65. The van der Waals surface area contributed by atoms with Gasteiger partial charge in [-0.1, -0.05) is 17.5 Å². The van der Waals surface area contributed by atoms with Crippen molar-refractivity contribution in [3.63, 3.8) is 0 Å². The summed E-state index contributed by atoms with van der Waals surface area (Å²) in [5.74, 6) is 1.67. The molecular formula is C11H9ClF2O3S. The monoisotopic (exact) mass is 294 g/mol. The molecule has 0 spiro atoms. The highest BCUT2D eigenvalue weighted by Crippen LogP contribution is 2.22. The van der Waals surface area contributed by atoms with E-state index in [4.69, 9.17) is 18.0 Å². The molecule has 7 heteroatoms. The van der Waals surface area contributed by atoms with E-state index in [-0.39, 0.29) is 4.90 Å². The van der Waals surface area contributed by atoms with Crippen molar-refractivity contribution in [2.75, 3.05) is 13.3 Å². The van der Waals surface area contributed by atoms with Crippen LogP contribution in [0.1, 0.15) is 0 Å². The molecule has 1 aromatic carbocycles. The fourth-order valence-electron chi connectivity index (χ4n) is 1.04. The number of hydrogen-bond acceptors (Lipinski definition) is 3. The zero-order valence-electron chi connectivity index (χ0n) is 9.07. The molecule has 0 heterocycles. The van der Waals surface area contributed by atoms with E-state index in [1.54, 1.807) is 5.92 Å². The molecule has 0 bridgehead atoms. The van der Waals surface area contributed by atoms with Crippen molar-refractivity contribution in [2.24, 2.45) is 0 Å². The molecule has 0 saturated carbocycles. The van der Waals surface area contributed by atoms with E-state index in [1.807, 2.05) is 0 Å². The van der Waals surface area contributed by atoms with Crippen LogP contribution in [0.15, 0.2) is 29.2 Å². The zero-order valence-corrected chi connectivity index (χ0v) is 10.6. The summed E-state index contributed by atoms with van der Waals surface area (Å²) in [6.45, 7) is -2.90. The second-order valence-corrected chi connectivity index (χ2v) is 5.38. The highest BCUT2D eigenvalue weighted by molar-refractivity contribution is 7.86. The Balaban J connectivity index is 3.09. The van der Waals surface area contributed by atoms with Gasteiger partial charge in [0.25, 0.3) is 10.1 Å². The Morgan fingerprint density at radius 1 is 1.28 bits per heavy atom. The number of rotatable bonds is 5. The minimum atomic E-state index is -4.35. The van der Waals surface area contributed by atoms with E-state index < -0.39 is 29.1 Å². The molecule has 1 rings (SSSR count). The Morgan fingerprint density at radius 2 is 1.78 bits per heavy atom. The molecule has 0 aliphatic heterocycles. The first-order valence-corrected chi connectivity index (χ1v) is 6.49. The summed E-state index contributed by atoms with van der Waals surface area (Å²) >= 11 is 5.59. The lowest BCUT2D eigenvalue weighted by molar-refractivity contribution is 0.0774. The van der Waals surface area contributed by atoms with Gasteiger partial charge in [-0.15, -0.1) is 6.42 Å². The highest BCUT2D eigenvalue weighted by atomic mass is 35.5. The SMILES string of the molecule is C#CC(CF)(CF)OS(=O)(=O)c1ccc(Cl)cc1. The Bertz CT molecular complexity index is 545. The molecule has 0 aliphatic carbocycles. The Hall–Kier alpha value is -1.16. The molecular weight excluding hydrogens is 286 g/mol. The van der Waals surface area contributed by atoms with Gasteiger partial charge in [0.05, 0.1) is 4.90 Å². The standard InChI is InChI=1S/C11H9ClF2O3S/c1-2-11(7-13,8-14)17-18(15,16)10-5-3-9(12)4-6-10/h1,3-6H,7-8H2. The summed E-state index contributed by atoms with van der Waals surface area (Å²) in [7, 11) is -4.35. The number of hydrogen-bond donors (Lipinski definition) is 0. The van der Waals surface area contributed by atoms with Gasteiger partial charge in [-0.25, -0.2) is 13.0 Å². The van der Waals surface area contributed by atoms with Crippen molar-refractivity contribution in [1.82, 2.24) is 0 Å². The number of benzene rings is 1. The summed E-state index contributed by atoms with van der Waals surface area (Å²) in [5.41, 5.74) is -2.42. The third-order valence-corrected chi connectivity index (χ3v) is 3.71. The van der Waals surface area contributed by atoms with Crippen molar-refractivity contribution >= 4 is 21.7 Å². The van der Waals surface area contributed by atoms with Crippen molar-refractivity contribution in [3.8, 4) is 12.3 Å². The van der Waals surface area contributed by atoms with Gasteiger partial charge in [-0.3, -0.25) is 0 Å². The fraction of sp³-hybridized carbons (Fsp3) is 0.273. The van der Waals surface area contributed by atoms with E-state index in [0.29, 0.717) is 5.02 Å². The molecule has 0 aromatic heterocycles. The fourth-order valence-corrected chi connectivity index (χ4v) is 2.29. The lowest BCUT2D eigenvalue weighted by atomic mass is 10.1. The van der Waals surface area contributed by atoms with Crippen LogP contribution in [0.4, 0.5) is 8.78 Å². The van der Waals surface area contributed by atoms with Crippen molar-refractivity contribution in [3.05, 3.63) is 29.3 Å². The van der Waals surface area contributed by atoms with Gasteiger partial charge in [0.15, 0.2) is 0 Å². The molecule has 0 fully saturated rings. The molecule has 0 aliphatic rings.